The predicted octanol–water partition coefficient (Wildman–Crippen LogP) is 3.89. The van der Waals surface area contributed by atoms with Crippen LogP contribution in [0.2, 0.25) is 5.02 Å². The van der Waals surface area contributed by atoms with Gasteiger partial charge in [-0.2, -0.15) is 0 Å². The molecule has 0 aliphatic carbocycles. The number of anilines is 1. The van der Waals surface area contributed by atoms with Crippen molar-refractivity contribution in [3.63, 3.8) is 0 Å². The standard InChI is InChI=1S/C24H25ClN6O2/c1-32-21-10-8-20(9-11-21)29-12-14-30(15-13-29)23(18-4-6-19(25)7-5-18)24-26-27-28-31(24)17-22-3-2-16-33-22/h2-11,16,23H,12-15,17H2,1H3/t23-/m1/s1. The fourth-order valence-corrected chi connectivity index (χ4v) is 4.40. The Balaban J connectivity index is 1.39. The third kappa shape index (κ3) is 4.72. The Morgan fingerprint density at radius 3 is 2.42 bits per heavy atom. The van der Waals surface area contributed by atoms with Gasteiger partial charge in [0.25, 0.3) is 0 Å². The van der Waals surface area contributed by atoms with Crippen molar-refractivity contribution in [2.24, 2.45) is 0 Å². The van der Waals surface area contributed by atoms with Gasteiger partial charge in [0, 0.05) is 36.9 Å². The molecule has 0 saturated carbocycles. The highest BCUT2D eigenvalue weighted by Crippen LogP contribution is 2.30. The van der Waals surface area contributed by atoms with Crippen LogP contribution in [0.3, 0.4) is 0 Å². The molecule has 8 nitrogen and oxygen atoms in total. The van der Waals surface area contributed by atoms with Crippen molar-refractivity contribution in [2.75, 3.05) is 38.2 Å². The van der Waals surface area contributed by atoms with Crippen molar-refractivity contribution in [3.05, 3.63) is 89.1 Å². The number of tetrazole rings is 1. The Kier molecular flexibility index (Phi) is 6.28. The fraction of sp³-hybridized carbons (Fsp3) is 0.292. The molecule has 33 heavy (non-hydrogen) atoms. The molecule has 1 aliphatic heterocycles. The van der Waals surface area contributed by atoms with E-state index in [-0.39, 0.29) is 6.04 Å². The van der Waals surface area contributed by atoms with Crippen LogP contribution in [0.4, 0.5) is 5.69 Å². The van der Waals surface area contributed by atoms with Crippen LogP contribution in [0, 0.1) is 0 Å². The van der Waals surface area contributed by atoms with E-state index in [0.717, 1.165) is 49.1 Å². The van der Waals surface area contributed by atoms with Gasteiger partial charge in [-0.25, -0.2) is 4.68 Å². The molecule has 4 aromatic rings. The number of hydrogen-bond donors (Lipinski definition) is 0. The van der Waals surface area contributed by atoms with Crippen molar-refractivity contribution in [1.82, 2.24) is 25.1 Å². The van der Waals surface area contributed by atoms with Gasteiger partial charge >= 0.3 is 0 Å². The lowest BCUT2D eigenvalue weighted by molar-refractivity contribution is 0.201. The number of hydrogen-bond acceptors (Lipinski definition) is 7. The minimum absolute atomic E-state index is 0.0924. The number of halogens is 1. The lowest BCUT2D eigenvalue weighted by Gasteiger charge is -2.40. The fourth-order valence-electron chi connectivity index (χ4n) is 4.27. The minimum Gasteiger partial charge on any atom is -0.497 e. The average Bonchev–Trinajstić information content (AvgIpc) is 3.54. The Morgan fingerprint density at radius 2 is 1.76 bits per heavy atom. The highest BCUT2D eigenvalue weighted by atomic mass is 35.5. The summed E-state index contributed by atoms with van der Waals surface area (Å²) in [5, 5.41) is 13.4. The number of furan rings is 1. The minimum atomic E-state index is -0.0924. The predicted molar refractivity (Wildman–Crippen MR) is 126 cm³/mol. The largest absolute Gasteiger partial charge is 0.497 e. The maximum absolute atomic E-state index is 6.17. The highest BCUT2D eigenvalue weighted by Gasteiger charge is 2.31. The first kappa shape index (κ1) is 21.5. The molecule has 5 rings (SSSR count). The molecule has 0 amide bonds. The zero-order valence-electron chi connectivity index (χ0n) is 18.3. The summed E-state index contributed by atoms with van der Waals surface area (Å²) in [6.45, 7) is 4.01. The maximum atomic E-state index is 6.17. The lowest BCUT2D eigenvalue weighted by atomic mass is 10.0. The van der Waals surface area contributed by atoms with E-state index in [9.17, 15) is 0 Å². The molecule has 0 spiro atoms. The summed E-state index contributed by atoms with van der Waals surface area (Å²) in [5.41, 5.74) is 2.30. The third-order valence-electron chi connectivity index (χ3n) is 5.99. The molecule has 1 fully saturated rings. The molecule has 0 radical (unpaired) electrons. The summed E-state index contributed by atoms with van der Waals surface area (Å²) in [6.07, 6.45) is 1.66. The first-order chi connectivity index (χ1) is 16.2. The molecule has 1 atom stereocenters. The number of benzene rings is 2. The number of methoxy groups -OCH3 is 1. The monoisotopic (exact) mass is 464 g/mol. The van der Waals surface area contributed by atoms with E-state index in [1.54, 1.807) is 13.4 Å². The second kappa shape index (κ2) is 9.64. The summed E-state index contributed by atoms with van der Waals surface area (Å²) in [6, 6.07) is 19.8. The second-order valence-corrected chi connectivity index (χ2v) is 8.39. The van der Waals surface area contributed by atoms with Gasteiger partial charge in [0.05, 0.1) is 19.4 Å². The molecule has 9 heteroatoms. The van der Waals surface area contributed by atoms with Crippen LogP contribution in [0.15, 0.2) is 71.3 Å². The number of nitrogens with zero attached hydrogens (tertiary/aromatic N) is 6. The van der Waals surface area contributed by atoms with Gasteiger partial charge in [-0.3, -0.25) is 4.90 Å². The quantitative estimate of drug-likeness (QED) is 0.411. The van der Waals surface area contributed by atoms with Crippen LogP contribution in [-0.2, 0) is 6.54 Å². The molecule has 0 bridgehead atoms. The van der Waals surface area contributed by atoms with E-state index in [1.807, 2.05) is 41.1 Å². The van der Waals surface area contributed by atoms with E-state index in [4.69, 9.17) is 20.8 Å². The SMILES string of the molecule is COc1ccc(N2CCN([C@H](c3ccc(Cl)cc3)c3nnnn3Cc3ccco3)CC2)cc1. The van der Waals surface area contributed by atoms with Gasteiger partial charge in [0.15, 0.2) is 5.82 Å². The summed E-state index contributed by atoms with van der Waals surface area (Å²) in [7, 11) is 1.68. The summed E-state index contributed by atoms with van der Waals surface area (Å²) >= 11 is 6.17. The van der Waals surface area contributed by atoms with Crippen LogP contribution in [0.5, 0.6) is 5.75 Å². The normalized spacial score (nSPS) is 15.5. The first-order valence-corrected chi connectivity index (χ1v) is 11.3. The smallest absolute Gasteiger partial charge is 0.173 e. The topological polar surface area (TPSA) is 72.5 Å². The molecule has 170 valence electrons. The Labute approximate surface area is 197 Å². The number of aromatic nitrogens is 4. The van der Waals surface area contributed by atoms with Crippen LogP contribution in [0.25, 0.3) is 0 Å². The van der Waals surface area contributed by atoms with E-state index in [2.05, 4.69) is 49.6 Å². The van der Waals surface area contributed by atoms with E-state index in [1.165, 1.54) is 5.69 Å². The molecule has 0 unspecified atom stereocenters. The van der Waals surface area contributed by atoms with Crippen molar-refractivity contribution >= 4 is 17.3 Å². The van der Waals surface area contributed by atoms with Gasteiger partial charge in [-0.05, 0) is 64.5 Å². The Bertz CT molecular complexity index is 1150. The van der Waals surface area contributed by atoms with E-state index in [0.29, 0.717) is 11.6 Å². The molecule has 1 aliphatic rings. The number of ether oxygens (including phenoxy) is 1. The van der Waals surface area contributed by atoms with Crippen molar-refractivity contribution in [2.45, 2.75) is 12.6 Å². The Morgan fingerprint density at radius 1 is 1.00 bits per heavy atom. The number of piperazine rings is 1. The molecular weight excluding hydrogens is 440 g/mol. The summed E-state index contributed by atoms with van der Waals surface area (Å²) in [5.74, 6) is 2.46. The van der Waals surface area contributed by atoms with Crippen molar-refractivity contribution in [1.29, 1.82) is 0 Å². The zero-order chi connectivity index (χ0) is 22.6. The van der Waals surface area contributed by atoms with Crippen molar-refractivity contribution in [3.8, 4) is 5.75 Å². The van der Waals surface area contributed by atoms with Crippen LogP contribution >= 0.6 is 11.6 Å². The summed E-state index contributed by atoms with van der Waals surface area (Å²) < 4.78 is 12.6. The average molecular weight is 465 g/mol. The lowest BCUT2D eigenvalue weighted by Crippen LogP contribution is -2.48. The van der Waals surface area contributed by atoms with Crippen LogP contribution in [-0.4, -0.2) is 58.4 Å². The van der Waals surface area contributed by atoms with Gasteiger partial charge < -0.3 is 14.1 Å². The zero-order valence-corrected chi connectivity index (χ0v) is 19.1. The highest BCUT2D eigenvalue weighted by molar-refractivity contribution is 6.30. The molecule has 0 N–H and O–H groups in total. The molecule has 2 aromatic carbocycles. The van der Waals surface area contributed by atoms with E-state index < -0.39 is 0 Å². The first-order valence-electron chi connectivity index (χ1n) is 10.9. The molecule has 1 saturated heterocycles. The third-order valence-corrected chi connectivity index (χ3v) is 6.24. The Hall–Kier alpha value is -3.36. The van der Waals surface area contributed by atoms with Gasteiger partial charge in [0.1, 0.15) is 18.1 Å². The van der Waals surface area contributed by atoms with Gasteiger partial charge in [0.2, 0.25) is 0 Å². The van der Waals surface area contributed by atoms with Gasteiger partial charge in [-0.1, -0.05) is 23.7 Å². The maximum Gasteiger partial charge on any atom is 0.173 e. The van der Waals surface area contributed by atoms with Crippen molar-refractivity contribution < 1.29 is 9.15 Å². The second-order valence-electron chi connectivity index (χ2n) is 7.95. The van der Waals surface area contributed by atoms with Gasteiger partial charge in [-0.15, -0.1) is 5.10 Å². The van der Waals surface area contributed by atoms with Crippen LogP contribution in [0.1, 0.15) is 23.2 Å². The summed E-state index contributed by atoms with van der Waals surface area (Å²) in [4.78, 5) is 4.81. The molecule has 3 heterocycles. The number of rotatable bonds is 7. The van der Waals surface area contributed by atoms with E-state index >= 15 is 0 Å². The molecule has 2 aromatic heterocycles. The van der Waals surface area contributed by atoms with Crippen LogP contribution < -0.4 is 9.64 Å². The molecular formula is C24H25ClN6O2.